The molecule has 0 bridgehead atoms. The van der Waals surface area contributed by atoms with E-state index in [0.29, 0.717) is 0 Å². The Bertz CT molecular complexity index is 179. The second-order valence-electron chi connectivity index (χ2n) is 1.63. The molecule has 0 saturated carbocycles. The fourth-order valence-electron chi connectivity index (χ4n) is 0.483. The van der Waals surface area contributed by atoms with E-state index in [-0.39, 0.29) is 29.6 Å². The van der Waals surface area contributed by atoms with E-state index in [2.05, 4.69) is 6.07 Å². The van der Waals surface area contributed by atoms with Crippen molar-refractivity contribution in [2.45, 2.75) is 6.92 Å². The molecule has 1 aromatic carbocycles. The van der Waals surface area contributed by atoms with Crippen molar-refractivity contribution >= 4 is 8.69 Å². The van der Waals surface area contributed by atoms with Crippen molar-refractivity contribution in [2.75, 3.05) is 0 Å². The van der Waals surface area contributed by atoms with Crippen LogP contribution in [0.3, 0.4) is 0 Å². The van der Waals surface area contributed by atoms with Crippen LogP contribution >= 0.6 is 8.69 Å². The molecule has 0 radical (unpaired) electrons. The fourth-order valence-corrected chi connectivity index (χ4v) is 0.483. The summed E-state index contributed by atoms with van der Waals surface area (Å²) in [6.07, 6.45) is 0. The molecule has 0 aliphatic heterocycles. The predicted octanol–water partition coefficient (Wildman–Crippen LogP) is -1.02. The van der Waals surface area contributed by atoms with Gasteiger partial charge in [0.05, 0.1) is 0 Å². The Kier molecular flexibility index (Phi) is 12.9. The van der Waals surface area contributed by atoms with Crippen molar-refractivity contribution in [1.82, 2.24) is 0 Å². The number of aryl methyl sites for hydroxylation is 1. The average molecular weight is 178 g/mol. The van der Waals surface area contributed by atoms with E-state index < -0.39 is 8.69 Å². The SMILES string of the molecule is Cc1[c-]cccc1.O=PO.[Na+]. The van der Waals surface area contributed by atoms with Gasteiger partial charge in [-0.05, 0) is 0 Å². The second-order valence-corrected chi connectivity index (χ2v) is 1.79. The van der Waals surface area contributed by atoms with Gasteiger partial charge in [0.15, 0.2) is 0 Å². The Morgan fingerprint density at radius 1 is 1.55 bits per heavy atom. The van der Waals surface area contributed by atoms with Crippen LogP contribution in [0.15, 0.2) is 24.3 Å². The first-order chi connectivity index (χ1) is 4.81. The third-order valence-corrected chi connectivity index (χ3v) is 0.865. The summed E-state index contributed by atoms with van der Waals surface area (Å²) in [6.45, 7) is 2.03. The molecule has 2 nitrogen and oxygen atoms in total. The van der Waals surface area contributed by atoms with E-state index in [0.717, 1.165) is 0 Å². The van der Waals surface area contributed by atoms with Gasteiger partial charge >= 0.3 is 38.2 Å². The summed E-state index contributed by atoms with van der Waals surface area (Å²) < 4.78 is 8.46. The minimum atomic E-state index is -0.833. The van der Waals surface area contributed by atoms with Gasteiger partial charge in [-0.15, -0.1) is 0 Å². The molecule has 0 spiro atoms. The van der Waals surface area contributed by atoms with Gasteiger partial charge in [-0.1, -0.05) is 6.92 Å². The fraction of sp³-hybridized carbons (Fsp3) is 0.143. The molecule has 0 atom stereocenters. The summed E-state index contributed by atoms with van der Waals surface area (Å²) in [4.78, 5) is 6.99. The number of hydrogen-bond acceptors (Lipinski definition) is 1. The average Bonchev–Trinajstić information content (AvgIpc) is 1.91. The quantitative estimate of drug-likeness (QED) is 0.314. The molecule has 0 aromatic heterocycles. The topological polar surface area (TPSA) is 37.3 Å². The van der Waals surface area contributed by atoms with Gasteiger partial charge < -0.3 is 4.89 Å². The first kappa shape index (κ1) is 13.8. The first-order valence-electron chi connectivity index (χ1n) is 2.71. The van der Waals surface area contributed by atoms with Crippen LogP contribution in [0.1, 0.15) is 5.56 Å². The number of hydrogen-bond donors (Lipinski definition) is 1. The molecule has 54 valence electrons. The molecule has 0 unspecified atom stereocenters. The maximum absolute atomic E-state index is 8.46. The molecule has 4 heteroatoms. The van der Waals surface area contributed by atoms with Gasteiger partial charge in [0.25, 0.3) is 0 Å². The van der Waals surface area contributed by atoms with Crippen molar-refractivity contribution in [3.63, 3.8) is 0 Å². The molecule has 1 aromatic rings. The zero-order chi connectivity index (χ0) is 7.82. The van der Waals surface area contributed by atoms with E-state index in [4.69, 9.17) is 9.46 Å². The maximum Gasteiger partial charge on any atom is 1.00 e. The zero-order valence-electron chi connectivity index (χ0n) is 6.61. The smallest absolute Gasteiger partial charge is 0.310 e. The third kappa shape index (κ3) is 10.3. The summed E-state index contributed by atoms with van der Waals surface area (Å²) in [5.74, 6) is 0. The van der Waals surface area contributed by atoms with Crippen LogP contribution in [0.2, 0.25) is 0 Å². The van der Waals surface area contributed by atoms with Crippen LogP contribution in [0.25, 0.3) is 0 Å². The van der Waals surface area contributed by atoms with Crippen molar-refractivity contribution in [1.29, 1.82) is 0 Å². The Labute approximate surface area is 90.2 Å². The van der Waals surface area contributed by atoms with Gasteiger partial charge in [0.1, 0.15) is 0 Å². The largest absolute Gasteiger partial charge is 1.00 e. The Morgan fingerprint density at radius 3 is 2.27 bits per heavy atom. The number of rotatable bonds is 0. The number of benzene rings is 1. The van der Waals surface area contributed by atoms with E-state index in [1.807, 2.05) is 31.2 Å². The van der Waals surface area contributed by atoms with Crippen LogP contribution in [0, 0.1) is 13.0 Å². The Hall–Kier alpha value is 0.280. The molecule has 1 N–H and O–H groups in total. The molecular formula is C7H8NaO2P. The minimum Gasteiger partial charge on any atom is -0.310 e. The van der Waals surface area contributed by atoms with Gasteiger partial charge in [0, 0.05) is 0 Å². The van der Waals surface area contributed by atoms with Crippen LogP contribution in [0.4, 0.5) is 0 Å². The van der Waals surface area contributed by atoms with E-state index >= 15 is 0 Å². The molecule has 11 heavy (non-hydrogen) atoms. The van der Waals surface area contributed by atoms with Crippen LogP contribution in [0.5, 0.6) is 0 Å². The molecular weight excluding hydrogens is 170 g/mol. The summed E-state index contributed by atoms with van der Waals surface area (Å²) in [5, 5.41) is 0. The van der Waals surface area contributed by atoms with Gasteiger partial charge in [-0.2, -0.15) is 35.9 Å². The van der Waals surface area contributed by atoms with Crippen LogP contribution in [-0.4, -0.2) is 4.89 Å². The summed E-state index contributed by atoms with van der Waals surface area (Å²) in [5.41, 5.74) is 1.20. The van der Waals surface area contributed by atoms with Gasteiger partial charge in [0.2, 0.25) is 0 Å². The summed E-state index contributed by atoms with van der Waals surface area (Å²) in [6, 6.07) is 10.9. The molecule has 0 saturated heterocycles. The van der Waals surface area contributed by atoms with Gasteiger partial charge in [-0.3, -0.25) is 0 Å². The van der Waals surface area contributed by atoms with Crippen LogP contribution in [-0.2, 0) is 4.57 Å². The summed E-state index contributed by atoms with van der Waals surface area (Å²) in [7, 11) is -0.833. The maximum atomic E-state index is 8.46. The Morgan fingerprint density at radius 2 is 2.09 bits per heavy atom. The Balaban J connectivity index is 0. The van der Waals surface area contributed by atoms with E-state index in [9.17, 15) is 0 Å². The predicted molar refractivity (Wildman–Crippen MR) is 39.8 cm³/mol. The first-order valence-corrected chi connectivity index (χ1v) is 3.48. The second kappa shape index (κ2) is 10.3. The molecule has 1 rings (SSSR count). The third-order valence-electron chi connectivity index (χ3n) is 0.865. The monoisotopic (exact) mass is 178 g/mol. The van der Waals surface area contributed by atoms with Crippen molar-refractivity contribution in [2.24, 2.45) is 0 Å². The molecule has 0 fully saturated rings. The van der Waals surface area contributed by atoms with E-state index in [1.165, 1.54) is 5.56 Å². The zero-order valence-corrected chi connectivity index (χ0v) is 9.51. The molecule has 0 amide bonds. The normalized spacial score (nSPS) is 7.45. The molecule has 0 aliphatic carbocycles. The molecule has 0 heterocycles. The van der Waals surface area contributed by atoms with Crippen molar-refractivity contribution in [3.05, 3.63) is 35.9 Å². The van der Waals surface area contributed by atoms with Gasteiger partial charge in [-0.25, -0.2) is 4.57 Å². The van der Waals surface area contributed by atoms with E-state index in [1.54, 1.807) is 0 Å². The minimum absolute atomic E-state index is 0. The van der Waals surface area contributed by atoms with Crippen molar-refractivity contribution < 1.29 is 39.0 Å². The van der Waals surface area contributed by atoms with Crippen molar-refractivity contribution in [3.8, 4) is 0 Å². The van der Waals surface area contributed by atoms with Crippen LogP contribution < -0.4 is 29.6 Å². The summed E-state index contributed by atoms with van der Waals surface area (Å²) >= 11 is 0. The molecule has 0 aliphatic rings. The standard InChI is InChI=1S/C7H7.Na.HO2P/c1-7-5-3-2-4-6-7;;1-3-2/h2-5H,1H3;;(H,1,2)/q-1;+1;.